The summed E-state index contributed by atoms with van der Waals surface area (Å²) in [5.41, 5.74) is 5.27. The quantitative estimate of drug-likeness (QED) is 0.0656. The van der Waals surface area contributed by atoms with E-state index in [-0.39, 0.29) is 0 Å². The summed E-state index contributed by atoms with van der Waals surface area (Å²) in [6.45, 7) is 18.1. The molecule has 1 aromatic carbocycles. The zero-order valence-electron chi connectivity index (χ0n) is 27.7. The van der Waals surface area contributed by atoms with Gasteiger partial charge in [0.2, 0.25) is 0 Å². The number of allylic oxidation sites excluding steroid dienone is 7. The second-order valence-electron chi connectivity index (χ2n) is 10.3. The number of carbonyl (C=O) groups excluding carboxylic acids is 1. The van der Waals surface area contributed by atoms with Crippen LogP contribution >= 0.6 is 11.8 Å². The largest absolute Gasteiger partial charge is 0.394 e. The van der Waals surface area contributed by atoms with E-state index >= 15 is 0 Å². The molecule has 244 valence electrons. The molecule has 0 fully saturated rings. The maximum atomic E-state index is 12.1. The third kappa shape index (κ3) is 12.4. The van der Waals surface area contributed by atoms with Gasteiger partial charge in [-0.25, -0.2) is 0 Å². The van der Waals surface area contributed by atoms with Crippen LogP contribution in [0.4, 0.5) is 11.4 Å². The summed E-state index contributed by atoms with van der Waals surface area (Å²) in [5.74, 6) is 0.723. The zero-order chi connectivity index (χ0) is 33.8. The summed E-state index contributed by atoms with van der Waals surface area (Å²) in [6, 6.07) is 0. The Bertz CT molecular complexity index is 1420. The van der Waals surface area contributed by atoms with Gasteiger partial charge in [-0.2, -0.15) is 0 Å². The third-order valence-corrected chi connectivity index (χ3v) is 7.55. The lowest BCUT2D eigenvalue weighted by molar-refractivity contribution is -0.104. The lowest BCUT2D eigenvalue weighted by Gasteiger charge is -2.28. The Balaban J connectivity index is 0.000000454. The highest BCUT2D eigenvalue weighted by molar-refractivity contribution is 8.02. The van der Waals surface area contributed by atoms with E-state index in [1.54, 1.807) is 35.9 Å². The number of aldehydes is 1. The van der Waals surface area contributed by atoms with E-state index in [4.69, 9.17) is 0 Å². The molecule has 10 heteroatoms. The Hall–Kier alpha value is -4.15. The van der Waals surface area contributed by atoms with Crippen LogP contribution in [-0.2, 0) is 4.79 Å². The Morgan fingerprint density at radius 1 is 1.13 bits per heavy atom. The molecule has 2 rings (SSSR count). The molecule has 1 aromatic rings. The number of rotatable bonds is 19. The van der Waals surface area contributed by atoms with Gasteiger partial charge in [0.25, 0.3) is 10.9 Å². The fourth-order valence-electron chi connectivity index (χ4n) is 4.25. The Labute approximate surface area is 273 Å². The SMILES string of the molecule is C=CC(=C)N(CCC/C=C/NC)c1c(NCCN(C)C)c(=O)c1=O.C=CC(=NC)C(/C=C\C)=C(\C)CNC1=C(C=O)CSC=C1. The number of anilines is 2. The van der Waals surface area contributed by atoms with Crippen molar-refractivity contribution in [1.29, 1.82) is 0 Å². The fourth-order valence-corrected chi connectivity index (χ4v) is 4.98. The van der Waals surface area contributed by atoms with Crippen molar-refractivity contribution >= 4 is 35.1 Å². The Kier molecular flexibility index (Phi) is 18.6. The van der Waals surface area contributed by atoms with Gasteiger partial charge in [-0.3, -0.25) is 19.4 Å². The van der Waals surface area contributed by atoms with E-state index in [0.717, 1.165) is 59.6 Å². The number of nitrogens with one attached hydrogen (secondary N) is 3. The fraction of sp³-hybridized carbons (Fsp3) is 0.371. The number of unbranched alkanes of at least 4 members (excludes halogenated alkanes) is 1. The van der Waals surface area contributed by atoms with Crippen LogP contribution < -0.4 is 31.7 Å². The van der Waals surface area contributed by atoms with Gasteiger partial charge in [0.05, 0.1) is 5.71 Å². The molecule has 0 bridgehead atoms. The number of aliphatic imine (C=N–C) groups is 1. The predicted molar refractivity (Wildman–Crippen MR) is 196 cm³/mol. The summed E-state index contributed by atoms with van der Waals surface area (Å²) < 4.78 is 0. The van der Waals surface area contributed by atoms with E-state index in [2.05, 4.69) is 47.6 Å². The summed E-state index contributed by atoms with van der Waals surface area (Å²) in [6.07, 6.45) is 15.8. The summed E-state index contributed by atoms with van der Waals surface area (Å²) in [4.78, 5) is 43.0. The van der Waals surface area contributed by atoms with E-state index in [9.17, 15) is 14.4 Å². The van der Waals surface area contributed by atoms with Crippen molar-refractivity contribution in [3.63, 3.8) is 0 Å². The Morgan fingerprint density at radius 3 is 2.44 bits per heavy atom. The maximum absolute atomic E-state index is 12.1. The molecule has 3 N–H and O–H groups in total. The molecule has 0 radical (unpaired) electrons. The molecule has 0 spiro atoms. The van der Waals surface area contributed by atoms with Gasteiger partial charge >= 0.3 is 0 Å². The highest BCUT2D eigenvalue weighted by atomic mass is 32.2. The minimum Gasteiger partial charge on any atom is -0.394 e. The molecule has 0 aromatic heterocycles. The van der Waals surface area contributed by atoms with Gasteiger partial charge in [-0.1, -0.05) is 38.0 Å². The standard InChI is InChI=1S/C18H28N4O2.C17H22N2OS/c1-6-14(2)22(12-9-7-8-10-19-3)16-15(17(23)18(16)24)20-11-13-21(4)5;1-5-7-15(16(6-2)18-4)13(3)10-19-17-8-9-21-12-14(17)11-20/h6,8,10,19-20H,1-2,7,9,11-13H2,3-5H3;5-9,11,19H,2,10,12H2,1,3-4H3/b10-8+;7-5-,15-13+,18-16?. The summed E-state index contributed by atoms with van der Waals surface area (Å²) in [5, 5.41) is 11.3. The number of carbonyl (C=O) groups is 1. The van der Waals surface area contributed by atoms with Crippen LogP contribution in [0.3, 0.4) is 0 Å². The molecule has 1 heterocycles. The second kappa shape index (κ2) is 21.5. The zero-order valence-corrected chi connectivity index (χ0v) is 28.6. The minimum absolute atomic E-state index is 0.385. The van der Waals surface area contributed by atoms with Crippen molar-refractivity contribution in [2.75, 3.05) is 70.3 Å². The highest BCUT2D eigenvalue weighted by Crippen LogP contribution is 2.24. The van der Waals surface area contributed by atoms with Gasteiger partial charge in [-0.15, -0.1) is 11.8 Å². The molecule has 0 atom stereocenters. The number of nitrogens with zero attached hydrogens (tertiary/aromatic N) is 3. The normalized spacial score (nSPS) is 13.9. The number of likely N-dealkylation sites (N-methyl/N-ethyl adjacent to an activating group) is 1. The van der Waals surface area contributed by atoms with Gasteiger partial charge in [-0.05, 0) is 81.8 Å². The third-order valence-electron chi connectivity index (χ3n) is 6.74. The minimum atomic E-state index is -0.462. The van der Waals surface area contributed by atoms with Crippen LogP contribution in [0.25, 0.3) is 0 Å². The van der Waals surface area contributed by atoms with Crippen molar-refractivity contribution < 1.29 is 4.79 Å². The van der Waals surface area contributed by atoms with Crippen LogP contribution in [-0.4, -0.2) is 77.0 Å². The first-order valence-corrected chi connectivity index (χ1v) is 15.9. The van der Waals surface area contributed by atoms with Crippen molar-refractivity contribution in [3.05, 3.63) is 116 Å². The summed E-state index contributed by atoms with van der Waals surface area (Å²) in [7, 11) is 7.51. The predicted octanol–water partition coefficient (Wildman–Crippen LogP) is 4.71. The first kappa shape index (κ1) is 38.9. The average Bonchev–Trinajstić information content (AvgIpc) is 3.05. The topological polar surface area (TPSA) is 106 Å². The van der Waals surface area contributed by atoms with Crippen LogP contribution in [0.1, 0.15) is 26.7 Å². The van der Waals surface area contributed by atoms with Crippen LogP contribution in [0, 0.1) is 0 Å². The monoisotopic (exact) mass is 634 g/mol. The van der Waals surface area contributed by atoms with Gasteiger partial charge in [0.15, 0.2) is 0 Å². The van der Waals surface area contributed by atoms with Crippen LogP contribution in [0.5, 0.6) is 0 Å². The van der Waals surface area contributed by atoms with Gasteiger partial charge < -0.3 is 25.8 Å². The van der Waals surface area contributed by atoms with Crippen molar-refractivity contribution in [2.24, 2.45) is 4.99 Å². The number of hydrogen-bond acceptors (Lipinski definition) is 10. The van der Waals surface area contributed by atoms with E-state index in [1.165, 1.54) is 0 Å². The lowest BCUT2D eigenvalue weighted by atomic mass is 10.0. The van der Waals surface area contributed by atoms with Crippen LogP contribution in [0.2, 0.25) is 0 Å². The average molecular weight is 635 g/mol. The number of thioether (sulfide) groups is 1. The smallest absolute Gasteiger partial charge is 0.253 e. The number of hydrogen-bond donors (Lipinski definition) is 3. The van der Waals surface area contributed by atoms with Crippen molar-refractivity contribution in [1.82, 2.24) is 15.5 Å². The molecule has 1 aliphatic heterocycles. The molecule has 0 amide bonds. The Morgan fingerprint density at radius 2 is 1.87 bits per heavy atom. The molecule has 9 nitrogen and oxygen atoms in total. The molecular formula is C35H50N6O3S. The first-order valence-electron chi connectivity index (χ1n) is 14.9. The molecular weight excluding hydrogens is 584 g/mol. The summed E-state index contributed by atoms with van der Waals surface area (Å²) >= 11 is 1.63. The molecule has 0 aliphatic carbocycles. The second-order valence-corrected chi connectivity index (χ2v) is 11.2. The molecule has 0 unspecified atom stereocenters. The molecule has 45 heavy (non-hydrogen) atoms. The van der Waals surface area contributed by atoms with Crippen molar-refractivity contribution in [3.8, 4) is 0 Å². The molecule has 1 aliphatic rings. The highest BCUT2D eigenvalue weighted by Gasteiger charge is 2.26. The van der Waals surface area contributed by atoms with E-state index in [0.29, 0.717) is 36.7 Å². The van der Waals surface area contributed by atoms with E-state index < -0.39 is 10.9 Å². The molecule has 0 saturated heterocycles. The molecule has 0 saturated carbocycles. The lowest BCUT2D eigenvalue weighted by Crippen LogP contribution is -2.43. The first-order chi connectivity index (χ1) is 21.6. The van der Waals surface area contributed by atoms with Crippen LogP contribution in [0.15, 0.2) is 110 Å². The van der Waals surface area contributed by atoms with Gasteiger partial charge in [0.1, 0.15) is 17.7 Å². The maximum Gasteiger partial charge on any atom is 0.253 e. The van der Waals surface area contributed by atoms with E-state index in [1.807, 2.05) is 68.9 Å². The van der Waals surface area contributed by atoms with Crippen molar-refractivity contribution in [2.45, 2.75) is 26.7 Å². The van der Waals surface area contributed by atoms with Gasteiger partial charge in [0, 0.05) is 63.0 Å².